The highest BCUT2D eigenvalue weighted by Gasteiger charge is 2.31. The Morgan fingerprint density at radius 1 is 1.38 bits per heavy atom. The van der Waals surface area contributed by atoms with Gasteiger partial charge in [0.1, 0.15) is 0 Å². The lowest BCUT2D eigenvalue weighted by atomic mass is 10.0. The van der Waals surface area contributed by atoms with Crippen LogP contribution in [-0.2, 0) is 11.3 Å². The molecule has 2 rings (SSSR count). The lowest BCUT2D eigenvalue weighted by molar-refractivity contribution is -0.125. The van der Waals surface area contributed by atoms with E-state index >= 15 is 0 Å². The van der Waals surface area contributed by atoms with Crippen LogP contribution in [0.15, 0.2) is 30.3 Å². The molecular formula is C17H27N3O. The molecule has 0 saturated carbocycles. The molecule has 3 N–H and O–H groups in total. The molecular weight excluding hydrogens is 262 g/mol. The van der Waals surface area contributed by atoms with Crippen LogP contribution in [-0.4, -0.2) is 35.5 Å². The number of hydrogen-bond acceptors (Lipinski definition) is 3. The van der Waals surface area contributed by atoms with Gasteiger partial charge in [0.2, 0.25) is 5.91 Å². The molecule has 21 heavy (non-hydrogen) atoms. The van der Waals surface area contributed by atoms with Crippen LogP contribution in [0.4, 0.5) is 0 Å². The van der Waals surface area contributed by atoms with Gasteiger partial charge < -0.3 is 11.1 Å². The van der Waals surface area contributed by atoms with Crippen LogP contribution < -0.4 is 11.1 Å². The Bertz CT molecular complexity index is 460. The highest BCUT2D eigenvalue weighted by atomic mass is 16.2. The Hall–Kier alpha value is -1.39. The highest BCUT2D eigenvalue weighted by molar-refractivity contribution is 5.79. The third-order valence-corrected chi connectivity index (χ3v) is 4.48. The Morgan fingerprint density at radius 3 is 2.67 bits per heavy atom. The van der Waals surface area contributed by atoms with Crippen LogP contribution in [0.5, 0.6) is 0 Å². The summed E-state index contributed by atoms with van der Waals surface area (Å²) in [6.45, 7) is 7.85. The summed E-state index contributed by atoms with van der Waals surface area (Å²) in [4.78, 5) is 14.5. The maximum Gasteiger partial charge on any atom is 0.224 e. The van der Waals surface area contributed by atoms with Gasteiger partial charge in [0.15, 0.2) is 0 Å². The Balaban J connectivity index is 1.88. The third kappa shape index (κ3) is 4.29. The molecule has 1 aromatic carbocycles. The van der Waals surface area contributed by atoms with Crippen molar-refractivity contribution in [3.8, 4) is 0 Å². The van der Waals surface area contributed by atoms with Crippen LogP contribution in [0, 0.1) is 5.92 Å². The summed E-state index contributed by atoms with van der Waals surface area (Å²) in [5, 5.41) is 3.15. The molecule has 1 amide bonds. The molecule has 0 aromatic heterocycles. The van der Waals surface area contributed by atoms with Crippen molar-refractivity contribution in [2.75, 3.05) is 6.54 Å². The molecule has 116 valence electrons. The van der Waals surface area contributed by atoms with Crippen molar-refractivity contribution in [3.05, 3.63) is 35.9 Å². The van der Waals surface area contributed by atoms with Crippen molar-refractivity contribution in [1.29, 1.82) is 0 Å². The average Bonchev–Trinajstić information content (AvgIpc) is 2.78. The van der Waals surface area contributed by atoms with Gasteiger partial charge >= 0.3 is 0 Å². The predicted octanol–water partition coefficient (Wildman–Crippen LogP) is 1.75. The van der Waals surface area contributed by atoms with E-state index in [9.17, 15) is 4.79 Å². The van der Waals surface area contributed by atoms with Gasteiger partial charge in [0.05, 0.1) is 0 Å². The first-order valence-electron chi connectivity index (χ1n) is 7.81. The lowest BCUT2D eigenvalue weighted by Crippen LogP contribution is -2.44. The number of likely N-dealkylation sites (tertiary alicyclic amines) is 1. The van der Waals surface area contributed by atoms with Crippen molar-refractivity contribution >= 4 is 5.91 Å². The van der Waals surface area contributed by atoms with E-state index in [1.807, 2.05) is 19.9 Å². The standard InChI is InChI=1S/C17H27N3O/c1-12-9-16(19-17(21)13(2)14(3)18)11-20(12)10-15-7-5-4-6-8-15/h4-8,12-14,16H,9-11,18H2,1-3H3,(H,19,21). The first-order chi connectivity index (χ1) is 9.97. The molecule has 4 unspecified atom stereocenters. The van der Waals surface area contributed by atoms with Crippen LogP contribution in [0.2, 0.25) is 0 Å². The molecule has 0 aliphatic carbocycles. The summed E-state index contributed by atoms with van der Waals surface area (Å²) in [7, 11) is 0. The normalized spacial score (nSPS) is 25.5. The molecule has 4 nitrogen and oxygen atoms in total. The van der Waals surface area contributed by atoms with Crippen LogP contribution in [0.1, 0.15) is 32.8 Å². The Labute approximate surface area is 127 Å². The summed E-state index contributed by atoms with van der Waals surface area (Å²) in [6.07, 6.45) is 1.00. The zero-order valence-corrected chi connectivity index (χ0v) is 13.3. The average molecular weight is 289 g/mol. The van der Waals surface area contributed by atoms with E-state index in [1.165, 1.54) is 5.56 Å². The van der Waals surface area contributed by atoms with E-state index in [-0.39, 0.29) is 23.9 Å². The highest BCUT2D eigenvalue weighted by Crippen LogP contribution is 2.20. The van der Waals surface area contributed by atoms with E-state index in [2.05, 4.69) is 41.4 Å². The van der Waals surface area contributed by atoms with Crippen molar-refractivity contribution in [1.82, 2.24) is 10.2 Å². The lowest BCUT2D eigenvalue weighted by Gasteiger charge is -2.21. The van der Waals surface area contributed by atoms with E-state index in [4.69, 9.17) is 5.73 Å². The molecule has 1 aromatic rings. The Kier molecular flexibility index (Phi) is 5.37. The third-order valence-electron chi connectivity index (χ3n) is 4.48. The fourth-order valence-corrected chi connectivity index (χ4v) is 2.81. The predicted molar refractivity (Wildman–Crippen MR) is 85.7 cm³/mol. The first-order valence-corrected chi connectivity index (χ1v) is 7.81. The summed E-state index contributed by atoms with van der Waals surface area (Å²) in [6, 6.07) is 11.1. The SMILES string of the molecule is CC(N)C(C)C(=O)NC1CC(C)N(Cc2ccccc2)C1. The van der Waals surface area contributed by atoms with Crippen molar-refractivity contribution < 1.29 is 4.79 Å². The van der Waals surface area contributed by atoms with Gasteiger partial charge in [-0.05, 0) is 25.8 Å². The number of amides is 1. The largest absolute Gasteiger partial charge is 0.352 e. The second kappa shape index (κ2) is 7.05. The molecule has 1 fully saturated rings. The van der Waals surface area contributed by atoms with Crippen molar-refractivity contribution in [3.63, 3.8) is 0 Å². The number of nitrogens with one attached hydrogen (secondary N) is 1. The topological polar surface area (TPSA) is 58.4 Å². The van der Waals surface area contributed by atoms with Crippen LogP contribution >= 0.6 is 0 Å². The van der Waals surface area contributed by atoms with Crippen molar-refractivity contribution in [2.24, 2.45) is 11.7 Å². The van der Waals surface area contributed by atoms with Crippen molar-refractivity contribution in [2.45, 2.75) is 51.9 Å². The smallest absolute Gasteiger partial charge is 0.224 e. The molecule has 0 radical (unpaired) electrons. The molecule has 0 spiro atoms. The summed E-state index contributed by atoms with van der Waals surface area (Å²) in [5.74, 6) is -0.0627. The minimum atomic E-state index is -0.136. The van der Waals surface area contributed by atoms with Gasteiger partial charge in [-0.3, -0.25) is 9.69 Å². The van der Waals surface area contributed by atoms with E-state index in [0.29, 0.717) is 6.04 Å². The van der Waals surface area contributed by atoms with Gasteiger partial charge in [-0.2, -0.15) is 0 Å². The Morgan fingerprint density at radius 2 is 2.05 bits per heavy atom. The number of nitrogens with zero attached hydrogens (tertiary/aromatic N) is 1. The van der Waals surface area contributed by atoms with Gasteiger partial charge in [-0.1, -0.05) is 37.3 Å². The summed E-state index contributed by atoms with van der Waals surface area (Å²) < 4.78 is 0. The quantitative estimate of drug-likeness (QED) is 0.868. The fourth-order valence-electron chi connectivity index (χ4n) is 2.81. The number of benzene rings is 1. The molecule has 4 heteroatoms. The number of carbonyl (C=O) groups is 1. The van der Waals surface area contributed by atoms with E-state index < -0.39 is 0 Å². The van der Waals surface area contributed by atoms with E-state index in [0.717, 1.165) is 19.5 Å². The zero-order valence-electron chi connectivity index (χ0n) is 13.3. The molecule has 4 atom stereocenters. The van der Waals surface area contributed by atoms with E-state index in [1.54, 1.807) is 0 Å². The maximum absolute atomic E-state index is 12.1. The first kappa shape index (κ1) is 16.0. The van der Waals surface area contributed by atoms with Gasteiger partial charge in [0, 0.05) is 37.1 Å². The van der Waals surface area contributed by atoms with Gasteiger partial charge in [-0.15, -0.1) is 0 Å². The fraction of sp³-hybridized carbons (Fsp3) is 0.588. The minimum Gasteiger partial charge on any atom is -0.352 e. The molecule has 1 saturated heterocycles. The molecule has 0 bridgehead atoms. The van der Waals surface area contributed by atoms with Crippen LogP contribution in [0.25, 0.3) is 0 Å². The number of hydrogen-bond donors (Lipinski definition) is 2. The number of nitrogens with two attached hydrogens (primary N) is 1. The number of carbonyl (C=O) groups excluding carboxylic acids is 1. The second-order valence-electron chi connectivity index (χ2n) is 6.35. The zero-order chi connectivity index (χ0) is 15.4. The van der Waals surface area contributed by atoms with Gasteiger partial charge in [0.25, 0.3) is 0 Å². The summed E-state index contributed by atoms with van der Waals surface area (Å²) >= 11 is 0. The minimum absolute atomic E-state index is 0.0729. The second-order valence-corrected chi connectivity index (χ2v) is 6.35. The monoisotopic (exact) mass is 289 g/mol. The molecule has 1 aliphatic rings. The molecule has 1 aliphatic heterocycles. The maximum atomic E-state index is 12.1. The van der Waals surface area contributed by atoms with Crippen LogP contribution in [0.3, 0.4) is 0 Å². The number of rotatable bonds is 5. The van der Waals surface area contributed by atoms with Gasteiger partial charge in [-0.25, -0.2) is 0 Å². The molecule has 1 heterocycles. The summed E-state index contributed by atoms with van der Waals surface area (Å²) in [5.41, 5.74) is 7.12.